The Kier molecular flexibility index (Phi) is 4.40. The normalized spacial score (nSPS) is 29.4. The molecule has 2 nitrogen and oxygen atoms in total. The van der Waals surface area contributed by atoms with Gasteiger partial charge in [-0.1, -0.05) is 13.8 Å². The van der Waals surface area contributed by atoms with Crippen LogP contribution < -0.4 is 5.32 Å². The van der Waals surface area contributed by atoms with E-state index in [1.54, 1.807) is 0 Å². The standard InChI is InChI=1S/C10H19F3N2/c1-3-14-9-4-5-15(6-8(9)2)7-10(11,12)13/h8-9,14H,3-7H2,1-2H3. The molecule has 90 valence electrons. The fraction of sp³-hybridized carbons (Fsp3) is 1.00. The smallest absolute Gasteiger partial charge is 0.314 e. The number of rotatable bonds is 3. The zero-order chi connectivity index (χ0) is 11.5. The molecule has 0 aliphatic carbocycles. The summed E-state index contributed by atoms with van der Waals surface area (Å²) in [7, 11) is 0. The maximum atomic E-state index is 12.2. The van der Waals surface area contributed by atoms with E-state index in [0.29, 0.717) is 25.0 Å². The summed E-state index contributed by atoms with van der Waals surface area (Å²) in [6.07, 6.45) is -3.25. The number of piperidine rings is 1. The highest BCUT2D eigenvalue weighted by molar-refractivity contribution is 4.83. The molecule has 2 unspecified atom stereocenters. The van der Waals surface area contributed by atoms with Gasteiger partial charge in [0.15, 0.2) is 0 Å². The predicted molar refractivity (Wildman–Crippen MR) is 53.7 cm³/mol. The molecule has 15 heavy (non-hydrogen) atoms. The number of hydrogen-bond donors (Lipinski definition) is 1. The van der Waals surface area contributed by atoms with Crippen molar-refractivity contribution in [3.63, 3.8) is 0 Å². The van der Waals surface area contributed by atoms with Crippen LogP contribution in [0.1, 0.15) is 20.3 Å². The minimum atomic E-state index is -4.06. The Labute approximate surface area is 88.8 Å². The summed E-state index contributed by atoms with van der Waals surface area (Å²) in [4.78, 5) is 1.50. The average Bonchev–Trinajstić information content (AvgIpc) is 2.07. The molecule has 1 fully saturated rings. The van der Waals surface area contributed by atoms with Crippen molar-refractivity contribution < 1.29 is 13.2 Å². The Hall–Kier alpha value is -0.290. The Morgan fingerprint density at radius 2 is 2.07 bits per heavy atom. The first kappa shape index (κ1) is 12.8. The largest absolute Gasteiger partial charge is 0.401 e. The van der Waals surface area contributed by atoms with E-state index in [1.807, 2.05) is 13.8 Å². The molecule has 1 aliphatic rings. The van der Waals surface area contributed by atoms with Gasteiger partial charge in [0.1, 0.15) is 0 Å². The van der Waals surface area contributed by atoms with E-state index >= 15 is 0 Å². The third-order valence-electron chi connectivity index (χ3n) is 2.86. The maximum absolute atomic E-state index is 12.2. The monoisotopic (exact) mass is 224 g/mol. The molecule has 0 saturated carbocycles. The van der Waals surface area contributed by atoms with Crippen LogP contribution in [-0.2, 0) is 0 Å². The molecule has 0 bridgehead atoms. The fourth-order valence-electron chi connectivity index (χ4n) is 2.19. The lowest BCUT2D eigenvalue weighted by Gasteiger charge is -2.37. The van der Waals surface area contributed by atoms with Crippen LogP contribution in [-0.4, -0.2) is 43.3 Å². The lowest BCUT2D eigenvalue weighted by atomic mass is 9.94. The lowest BCUT2D eigenvalue weighted by Crippen LogP contribution is -2.50. The van der Waals surface area contributed by atoms with Crippen molar-refractivity contribution in [2.45, 2.75) is 32.5 Å². The highest BCUT2D eigenvalue weighted by Gasteiger charge is 2.34. The van der Waals surface area contributed by atoms with E-state index in [1.165, 1.54) is 4.90 Å². The molecule has 1 aliphatic heterocycles. The zero-order valence-corrected chi connectivity index (χ0v) is 9.27. The van der Waals surface area contributed by atoms with Crippen LogP contribution in [0.15, 0.2) is 0 Å². The van der Waals surface area contributed by atoms with Crippen LogP contribution in [0.2, 0.25) is 0 Å². The van der Waals surface area contributed by atoms with Crippen molar-refractivity contribution in [1.29, 1.82) is 0 Å². The molecule has 0 aromatic rings. The summed E-state index contributed by atoms with van der Waals surface area (Å²) in [6.45, 7) is 5.23. The average molecular weight is 224 g/mol. The lowest BCUT2D eigenvalue weighted by molar-refractivity contribution is -0.149. The Bertz CT molecular complexity index is 194. The second kappa shape index (κ2) is 5.16. The number of halogens is 3. The van der Waals surface area contributed by atoms with Gasteiger partial charge in [-0.15, -0.1) is 0 Å². The Morgan fingerprint density at radius 3 is 2.53 bits per heavy atom. The van der Waals surface area contributed by atoms with Crippen LogP contribution in [0.25, 0.3) is 0 Å². The second-order valence-electron chi connectivity index (χ2n) is 4.28. The quantitative estimate of drug-likeness (QED) is 0.787. The minimum absolute atomic E-state index is 0.293. The first-order chi connectivity index (χ1) is 6.92. The SMILES string of the molecule is CCNC1CCN(CC(F)(F)F)CC1C. The highest BCUT2D eigenvalue weighted by atomic mass is 19.4. The first-order valence-electron chi connectivity index (χ1n) is 5.45. The number of nitrogens with one attached hydrogen (secondary N) is 1. The van der Waals surface area contributed by atoms with Gasteiger partial charge in [-0.2, -0.15) is 13.2 Å². The minimum Gasteiger partial charge on any atom is -0.314 e. The summed E-state index contributed by atoms with van der Waals surface area (Å²) in [5, 5.41) is 3.31. The van der Waals surface area contributed by atoms with Crippen molar-refractivity contribution in [2.75, 3.05) is 26.2 Å². The van der Waals surface area contributed by atoms with Gasteiger partial charge in [-0.3, -0.25) is 4.90 Å². The summed E-state index contributed by atoms with van der Waals surface area (Å²) in [5.41, 5.74) is 0. The molecule has 5 heteroatoms. The van der Waals surface area contributed by atoms with Gasteiger partial charge in [-0.05, 0) is 25.4 Å². The summed E-state index contributed by atoms with van der Waals surface area (Å²) in [6, 6.07) is 0.375. The van der Waals surface area contributed by atoms with Crippen molar-refractivity contribution in [3.8, 4) is 0 Å². The van der Waals surface area contributed by atoms with E-state index in [2.05, 4.69) is 5.32 Å². The van der Waals surface area contributed by atoms with Crippen molar-refractivity contribution in [1.82, 2.24) is 10.2 Å². The molecule has 0 spiro atoms. The third-order valence-corrected chi connectivity index (χ3v) is 2.86. The fourth-order valence-corrected chi connectivity index (χ4v) is 2.19. The van der Waals surface area contributed by atoms with Crippen LogP contribution in [0.4, 0.5) is 13.2 Å². The van der Waals surface area contributed by atoms with E-state index in [0.717, 1.165) is 13.0 Å². The predicted octanol–water partition coefficient (Wildman–Crippen LogP) is 1.87. The molecule has 0 aromatic carbocycles. The molecular weight excluding hydrogens is 205 g/mol. The molecule has 2 atom stereocenters. The van der Waals surface area contributed by atoms with Gasteiger partial charge >= 0.3 is 6.18 Å². The van der Waals surface area contributed by atoms with Gasteiger partial charge in [0.2, 0.25) is 0 Å². The Morgan fingerprint density at radius 1 is 1.40 bits per heavy atom. The molecule has 1 N–H and O–H groups in total. The summed E-state index contributed by atoms with van der Waals surface area (Å²) < 4.78 is 36.5. The molecule has 1 heterocycles. The molecule has 0 aromatic heterocycles. The maximum Gasteiger partial charge on any atom is 0.401 e. The van der Waals surface area contributed by atoms with Gasteiger partial charge < -0.3 is 5.32 Å². The van der Waals surface area contributed by atoms with Crippen molar-refractivity contribution in [3.05, 3.63) is 0 Å². The topological polar surface area (TPSA) is 15.3 Å². The Balaban J connectivity index is 2.37. The van der Waals surface area contributed by atoms with Gasteiger partial charge in [0.25, 0.3) is 0 Å². The van der Waals surface area contributed by atoms with Crippen molar-refractivity contribution in [2.24, 2.45) is 5.92 Å². The van der Waals surface area contributed by atoms with Gasteiger partial charge in [-0.25, -0.2) is 0 Å². The van der Waals surface area contributed by atoms with E-state index in [4.69, 9.17) is 0 Å². The zero-order valence-electron chi connectivity index (χ0n) is 9.27. The summed E-state index contributed by atoms with van der Waals surface area (Å²) in [5.74, 6) is 0.293. The number of alkyl halides is 3. The highest BCUT2D eigenvalue weighted by Crippen LogP contribution is 2.22. The van der Waals surface area contributed by atoms with E-state index in [-0.39, 0.29) is 0 Å². The van der Waals surface area contributed by atoms with Gasteiger partial charge in [0.05, 0.1) is 6.54 Å². The first-order valence-corrected chi connectivity index (χ1v) is 5.45. The molecular formula is C10H19F3N2. The molecule has 1 saturated heterocycles. The van der Waals surface area contributed by atoms with Gasteiger partial charge in [0, 0.05) is 12.6 Å². The van der Waals surface area contributed by atoms with Crippen LogP contribution in [0, 0.1) is 5.92 Å². The summed E-state index contributed by atoms with van der Waals surface area (Å²) >= 11 is 0. The van der Waals surface area contributed by atoms with Crippen LogP contribution in [0.5, 0.6) is 0 Å². The van der Waals surface area contributed by atoms with Crippen molar-refractivity contribution >= 4 is 0 Å². The third kappa shape index (κ3) is 4.38. The van der Waals surface area contributed by atoms with E-state index in [9.17, 15) is 13.2 Å². The second-order valence-corrected chi connectivity index (χ2v) is 4.28. The van der Waals surface area contributed by atoms with E-state index < -0.39 is 12.7 Å². The molecule has 0 radical (unpaired) electrons. The number of likely N-dealkylation sites (tertiary alicyclic amines) is 1. The molecule has 1 rings (SSSR count). The molecule has 0 amide bonds. The number of nitrogens with zero attached hydrogens (tertiary/aromatic N) is 1. The number of hydrogen-bond acceptors (Lipinski definition) is 2. The van der Waals surface area contributed by atoms with Crippen LogP contribution in [0.3, 0.4) is 0 Å². The van der Waals surface area contributed by atoms with Crippen LogP contribution >= 0.6 is 0 Å².